The van der Waals surface area contributed by atoms with E-state index in [9.17, 15) is 14.2 Å². The van der Waals surface area contributed by atoms with E-state index < -0.39 is 18.4 Å². The predicted octanol–water partition coefficient (Wildman–Crippen LogP) is 6.89. The maximum Gasteiger partial charge on any atom is 0.332 e. The van der Waals surface area contributed by atoms with Gasteiger partial charge in [0, 0.05) is 87.1 Å². The summed E-state index contributed by atoms with van der Waals surface area (Å²) in [6, 6.07) is 17.8. The summed E-state index contributed by atoms with van der Waals surface area (Å²) in [7, 11) is 1.19. The lowest BCUT2D eigenvalue weighted by Gasteiger charge is -2.41. The average molecular weight is 909 g/mol. The molecule has 318 valence electrons. The highest BCUT2D eigenvalue weighted by molar-refractivity contribution is 9.10. The Morgan fingerprint density at radius 2 is 1.59 bits per heavy atom. The Hall–Kier alpha value is -5.57. The first-order chi connectivity index (χ1) is 29.3. The standard InChI is InChI=1S/C44H51BrN11O4P/c1-28-24-36(50-43-48-26-33(45)42(52-43)49-35-11-10-34-40(47-18-17-46-34)41(35)61(4,5)59)38(60-3)25-37(28)55-21-14-30(15-22-55)53(2)27-29-12-19-54(20-13-29)31-6-8-32(9-7-31)56-23-16-39(57)51-44(56)58/h6-11,16-18,23-26,29-30H,12-15,19-22,27H2,1-5H3,(H,51,57,58)(H2,48,49,50,52). The monoisotopic (exact) mass is 907 g/mol. The second-order valence-corrected chi connectivity index (χ2v) is 20.3. The van der Waals surface area contributed by atoms with Crippen LogP contribution in [0.1, 0.15) is 31.2 Å². The topological polar surface area (TPSA) is 166 Å². The number of halogens is 1. The van der Waals surface area contributed by atoms with E-state index >= 15 is 0 Å². The van der Waals surface area contributed by atoms with Crippen molar-refractivity contribution < 1.29 is 9.30 Å². The molecule has 0 spiro atoms. The molecule has 5 heterocycles. The minimum atomic E-state index is -2.77. The molecule has 0 saturated carbocycles. The van der Waals surface area contributed by atoms with E-state index in [-0.39, 0.29) is 0 Å². The largest absolute Gasteiger partial charge is 0.494 e. The SMILES string of the molecule is COc1cc(N2CCC(N(C)CC3CCN(c4ccc(-n5ccc(=O)[nH]c5=O)cc4)CC3)CC2)c(C)cc1Nc1ncc(Br)c(Nc2ccc3nccnc3c2P(C)(C)=O)n1. The second kappa shape index (κ2) is 17.8. The number of fused-ring (bicyclic) bond motifs is 1. The Balaban J connectivity index is 0.863. The van der Waals surface area contributed by atoms with Gasteiger partial charge in [-0.15, -0.1) is 0 Å². The molecule has 61 heavy (non-hydrogen) atoms. The van der Waals surface area contributed by atoms with Crippen LogP contribution in [0.15, 0.2) is 93.4 Å². The fourth-order valence-electron chi connectivity index (χ4n) is 8.64. The summed E-state index contributed by atoms with van der Waals surface area (Å²) in [5, 5.41) is 7.36. The van der Waals surface area contributed by atoms with Crippen molar-refractivity contribution in [3.05, 3.63) is 110 Å². The minimum Gasteiger partial charge on any atom is -0.494 e. The van der Waals surface area contributed by atoms with Crippen molar-refractivity contribution in [2.24, 2.45) is 5.92 Å². The molecule has 0 atom stereocenters. The molecule has 0 amide bonds. The molecule has 2 aliphatic heterocycles. The molecule has 2 saturated heterocycles. The van der Waals surface area contributed by atoms with Crippen LogP contribution in [0.2, 0.25) is 0 Å². The number of aryl methyl sites for hydroxylation is 1. The van der Waals surface area contributed by atoms with Crippen LogP contribution in [-0.2, 0) is 4.57 Å². The summed E-state index contributed by atoms with van der Waals surface area (Å²) in [6.45, 7) is 10.6. The molecule has 15 nitrogen and oxygen atoms in total. The number of aromatic nitrogens is 6. The molecule has 3 aromatic heterocycles. The van der Waals surface area contributed by atoms with Gasteiger partial charge in [0.2, 0.25) is 5.95 Å². The Bertz CT molecular complexity index is 2710. The fourth-order valence-corrected chi connectivity index (χ4v) is 10.3. The molecule has 0 radical (unpaired) electrons. The van der Waals surface area contributed by atoms with Gasteiger partial charge in [0.05, 0.1) is 39.5 Å². The van der Waals surface area contributed by atoms with Gasteiger partial charge in [-0.1, -0.05) is 0 Å². The van der Waals surface area contributed by atoms with E-state index in [1.807, 2.05) is 24.3 Å². The normalized spacial score (nSPS) is 15.4. The number of H-pyrrole nitrogens is 1. The highest BCUT2D eigenvalue weighted by Gasteiger charge is 2.28. The van der Waals surface area contributed by atoms with Crippen LogP contribution in [0.4, 0.5) is 34.5 Å². The first-order valence-corrected chi connectivity index (χ1v) is 23.9. The fraction of sp³-hybridized carbons (Fsp3) is 0.364. The number of nitrogens with one attached hydrogen (secondary N) is 3. The average Bonchev–Trinajstić information content (AvgIpc) is 3.25. The highest BCUT2D eigenvalue weighted by Crippen LogP contribution is 2.42. The predicted molar refractivity (Wildman–Crippen MR) is 248 cm³/mol. The van der Waals surface area contributed by atoms with Crippen molar-refractivity contribution in [2.45, 2.75) is 38.6 Å². The van der Waals surface area contributed by atoms with Crippen LogP contribution in [0.25, 0.3) is 16.7 Å². The minimum absolute atomic E-state index is 0.376. The molecule has 0 unspecified atom stereocenters. The van der Waals surface area contributed by atoms with Crippen molar-refractivity contribution in [1.29, 1.82) is 0 Å². The highest BCUT2D eigenvalue weighted by atomic mass is 79.9. The van der Waals surface area contributed by atoms with E-state index in [2.05, 4.69) is 99.4 Å². The number of nitrogens with zero attached hydrogens (tertiary/aromatic N) is 8. The first kappa shape index (κ1) is 42.1. The zero-order valence-electron chi connectivity index (χ0n) is 35.1. The molecule has 2 fully saturated rings. The Kier molecular flexibility index (Phi) is 12.3. The third kappa shape index (κ3) is 9.36. The number of benzene rings is 3. The summed E-state index contributed by atoms with van der Waals surface area (Å²) in [5.41, 5.74) is 5.99. The van der Waals surface area contributed by atoms with Crippen LogP contribution in [0.3, 0.4) is 0 Å². The smallest absolute Gasteiger partial charge is 0.332 e. The van der Waals surface area contributed by atoms with Crippen molar-refractivity contribution in [3.8, 4) is 11.4 Å². The molecule has 6 aromatic rings. The number of piperidine rings is 2. The quantitative estimate of drug-likeness (QED) is 0.109. The molecular weight excluding hydrogens is 857 g/mol. The number of hydrogen-bond acceptors (Lipinski definition) is 13. The Labute approximate surface area is 363 Å². The van der Waals surface area contributed by atoms with Crippen molar-refractivity contribution >= 4 is 73.9 Å². The number of methoxy groups -OCH3 is 1. The maximum absolute atomic E-state index is 13.5. The summed E-state index contributed by atoms with van der Waals surface area (Å²) in [6.07, 6.45) is 10.9. The third-order valence-electron chi connectivity index (χ3n) is 11.8. The van der Waals surface area contributed by atoms with E-state index in [4.69, 9.17) is 9.72 Å². The van der Waals surface area contributed by atoms with Crippen LogP contribution in [-0.4, -0.2) is 101 Å². The Morgan fingerprint density at radius 1 is 0.885 bits per heavy atom. The van der Waals surface area contributed by atoms with Gasteiger partial charge in [-0.2, -0.15) is 4.98 Å². The van der Waals surface area contributed by atoms with Crippen molar-refractivity contribution in [1.82, 2.24) is 34.4 Å². The van der Waals surface area contributed by atoms with Crippen molar-refractivity contribution in [3.63, 3.8) is 0 Å². The van der Waals surface area contributed by atoms with Gasteiger partial charge in [0.25, 0.3) is 5.56 Å². The molecule has 0 bridgehead atoms. The van der Waals surface area contributed by atoms with Gasteiger partial charge in [-0.3, -0.25) is 24.3 Å². The van der Waals surface area contributed by atoms with Gasteiger partial charge in [0.15, 0.2) is 0 Å². The molecule has 0 aliphatic carbocycles. The molecule has 3 aromatic carbocycles. The third-order valence-corrected chi connectivity index (χ3v) is 13.9. The molecule has 8 rings (SSSR count). The van der Waals surface area contributed by atoms with Gasteiger partial charge < -0.3 is 34.6 Å². The van der Waals surface area contributed by atoms with Gasteiger partial charge >= 0.3 is 5.69 Å². The van der Waals surface area contributed by atoms with E-state index in [1.165, 1.54) is 16.8 Å². The van der Waals surface area contributed by atoms with Gasteiger partial charge in [-0.05, 0) is 123 Å². The zero-order chi connectivity index (χ0) is 42.8. The molecule has 17 heteroatoms. The number of ether oxygens (including phenoxy) is 1. The number of anilines is 6. The number of aromatic amines is 1. The molecule has 2 aliphatic rings. The summed E-state index contributed by atoms with van der Waals surface area (Å²) in [4.78, 5) is 51.7. The summed E-state index contributed by atoms with van der Waals surface area (Å²) < 4.78 is 21.5. The summed E-state index contributed by atoms with van der Waals surface area (Å²) >= 11 is 3.59. The summed E-state index contributed by atoms with van der Waals surface area (Å²) in [5.74, 6) is 2.22. The number of rotatable bonds is 12. The first-order valence-electron chi connectivity index (χ1n) is 20.5. The van der Waals surface area contributed by atoms with E-state index in [0.717, 1.165) is 86.7 Å². The molecule has 3 N–H and O–H groups in total. The van der Waals surface area contributed by atoms with Gasteiger partial charge in [-0.25, -0.2) is 9.78 Å². The lowest BCUT2D eigenvalue weighted by Crippen LogP contribution is -2.46. The lowest BCUT2D eigenvalue weighted by atomic mass is 9.94. The number of hydrogen-bond donors (Lipinski definition) is 3. The zero-order valence-corrected chi connectivity index (χ0v) is 37.5. The van der Waals surface area contributed by atoms with Crippen LogP contribution >= 0.6 is 23.1 Å². The van der Waals surface area contributed by atoms with Crippen molar-refractivity contribution in [2.75, 3.05) is 80.6 Å². The van der Waals surface area contributed by atoms with Crippen LogP contribution in [0.5, 0.6) is 5.75 Å². The van der Waals surface area contributed by atoms with Crippen LogP contribution in [0, 0.1) is 12.8 Å². The Morgan fingerprint density at radius 3 is 2.30 bits per heavy atom. The van der Waals surface area contributed by atoms with E-state index in [0.29, 0.717) is 56.0 Å². The second-order valence-electron chi connectivity index (χ2n) is 16.3. The van der Waals surface area contributed by atoms with Crippen LogP contribution < -0.4 is 41.7 Å². The molecular formula is C44H51BrN11O4P. The maximum atomic E-state index is 13.5. The van der Waals surface area contributed by atoms with Gasteiger partial charge in [0.1, 0.15) is 24.2 Å². The van der Waals surface area contributed by atoms with E-state index in [1.54, 1.807) is 39.0 Å². The lowest BCUT2D eigenvalue weighted by molar-refractivity contribution is 0.167.